The van der Waals surface area contributed by atoms with Crippen LogP contribution >= 0.6 is 0 Å². The molecule has 5 nitrogen and oxygen atoms in total. The molecule has 1 unspecified atom stereocenters. The van der Waals surface area contributed by atoms with Crippen molar-refractivity contribution < 1.29 is 0 Å². The van der Waals surface area contributed by atoms with Crippen molar-refractivity contribution in [3.63, 3.8) is 0 Å². The van der Waals surface area contributed by atoms with Crippen LogP contribution in [0.3, 0.4) is 0 Å². The third-order valence-corrected chi connectivity index (χ3v) is 2.98. The standard InChI is InChI=1S/C14H21N5/c1-4-7-16-14(10-12-6-9-19(3)18-12)13-5-8-15-11(2)17-13/h5-6,8-9,14,16H,4,7,10H2,1-3H3. The molecule has 0 aliphatic rings. The smallest absolute Gasteiger partial charge is 0.125 e. The Hall–Kier alpha value is -1.75. The van der Waals surface area contributed by atoms with E-state index in [0.29, 0.717) is 0 Å². The van der Waals surface area contributed by atoms with Gasteiger partial charge in [-0.1, -0.05) is 6.92 Å². The van der Waals surface area contributed by atoms with Gasteiger partial charge in [-0.3, -0.25) is 4.68 Å². The molecule has 0 saturated heterocycles. The van der Waals surface area contributed by atoms with Gasteiger partial charge in [0.15, 0.2) is 0 Å². The molecule has 19 heavy (non-hydrogen) atoms. The first-order valence-corrected chi connectivity index (χ1v) is 6.70. The maximum absolute atomic E-state index is 4.52. The molecule has 0 aliphatic heterocycles. The number of hydrogen-bond donors (Lipinski definition) is 1. The van der Waals surface area contributed by atoms with Crippen molar-refractivity contribution in [1.29, 1.82) is 0 Å². The number of nitrogens with zero attached hydrogens (tertiary/aromatic N) is 4. The summed E-state index contributed by atoms with van der Waals surface area (Å²) in [7, 11) is 1.94. The van der Waals surface area contributed by atoms with Crippen molar-refractivity contribution >= 4 is 0 Å². The average Bonchev–Trinajstić information content (AvgIpc) is 2.80. The minimum Gasteiger partial charge on any atom is -0.308 e. The van der Waals surface area contributed by atoms with Crippen molar-refractivity contribution in [3.05, 3.63) is 41.7 Å². The van der Waals surface area contributed by atoms with E-state index in [4.69, 9.17) is 0 Å². The normalized spacial score (nSPS) is 12.6. The van der Waals surface area contributed by atoms with E-state index in [2.05, 4.69) is 33.4 Å². The molecule has 0 amide bonds. The minimum atomic E-state index is 0.191. The molecule has 0 aliphatic carbocycles. The number of hydrogen-bond acceptors (Lipinski definition) is 4. The molecule has 0 spiro atoms. The van der Waals surface area contributed by atoms with Gasteiger partial charge >= 0.3 is 0 Å². The van der Waals surface area contributed by atoms with Crippen molar-refractivity contribution in [2.75, 3.05) is 6.54 Å². The Labute approximate surface area is 114 Å². The quantitative estimate of drug-likeness (QED) is 0.859. The predicted molar refractivity (Wildman–Crippen MR) is 74.7 cm³/mol. The Morgan fingerprint density at radius 1 is 1.37 bits per heavy atom. The zero-order valence-electron chi connectivity index (χ0n) is 11.8. The van der Waals surface area contributed by atoms with Crippen molar-refractivity contribution in [2.45, 2.75) is 32.7 Å². The van der Waals surface area contributed by atoms with Crippen LogP contribution in [-0.2, 0) is 13.5 Å². The van der Waals surface area contributed by atoms with Gasteiger partial charge in [0, 0.05) is 25.9 Å². The Bertz CT molecular complexity index is 520. The van der Waals surface area contributed by atoms with Gasteiger partial charge in [-0.15, -0.1) is 0 Å². The summed E-state index contributed by atoms with van der Waals surface area (Å²) in [6.45, 7) is 5.05. The first-order chi connectivity index (χ1) is 9.19. The minimum absolute atomic E-state index is 0.191. The molecule has 1 N–H and O–H groups in total. The van der Waals surface area contributed by atoms with Crippen LogP contribution in [0, 0.1) is 6.92 Å². The maximum atomic E-state index is 4.52. The van der Waals surface area contributed by atoms with Gasteiger partial charge in [-0.25, -0.2) is 9.97 Å². The lowest BCUT2D eigenvalue weighted by molar-refractivity contribution is 0.508. The van der Waals surface area contributed by atoms with Crippen molar-refractivity contribution in [1.82, 2.24) is 25.1 Å². The zero-order chi connectivity index (χ0) is 13.7. The second-order valence-corrected chi connectivity index (χ2v) is 4.72. The fraction of sp³-hybridized carbons (Fsp3) is 0.500. The number of nitrogens with one attached hydrogen (secondary N) is 1. The second kappa shape index (κ2) is 6.43. The molecule has 2 aromatic rings. The summed E-state index contributed by atoms with van der Waals surface area (Å²) in [4.78, 5) is 8.68. The summed E-state index contributed by atoms with van der Waals surface area (Å²) in [5.74, 6) is 0.807. The molecule has 1 atom stereocenters. The van der Waals surface area contributed by atoms with Gasteiger partial charge in [0.2, 0.25) is 0 Å². The van der Waals surface area contributed by atoms with Gasteiger partial charge in [-0.2, -0.15) is 5.10 Å². The molecule has 0 aromatic carbocycles. The van der Waals surface area contributed by atoms with Crippen LogP contribution in [0.25, 0.3) is 0 Å². The summed E-state index contributed by atoms with van der Waals surface area (Å²) in [5.41, 5.74) is 2.11. The van der Waals surface area contributed by atoms with E-state index in [-0.39, 0.29) is 6.04 Å². The van der Waals surface area contributed by atoms with E-state index in [1.807, 2.05) is 37.1 Å². The zero-order valence-corrected chi connectivity index (χ0v) is 11.8. The highest BCUT2D eigenvalue weighted by molar-refractivity contribution is 5.12. The molecule has 0 bridgehead atoms. The number of aryl methyl sites for hydroxylation is 2. The van der Waals surface area contributed by atoms with E-state index < -0.39 is 0 Å². The van der Waals surface area contributed by atoms with Crippen LogP contribution in [0.5, 0.6) is 0 Å². The van der Waals surface area contributed by atoms with E-state index in [1.54, 1.807) is 0 Å². The molecule has 0 fully saturated rings. The molecular weight excluding hydrogens is 238 g/mol. The lowest BCUT2D eigenvalue weighted by Gasteiger charge is -2.17. The summed E-state index contributed by atoms with van der Waals surface area (Å²) in [6, 6.07) is 4.22. The maximum Gasteiger partial charge on any atom is 0.125 e. The highest BCUT2D eigenvalue weighted by Crippen LogP contribution is 2.15. The fourth-order valence-electron chi connectivity index (χ4n) is 2.05. The Kier molecular flexibility index (Phi) is 4.63. The SMILES string of the molecule is CCCNC(Cc1ccn(C)n1)c1ccnc(C)n1. The molecule has 2 aromatic heterocycles. The van der Waals surface area contributed by atoms with E-state index >= 15 is 0 Å². The molecule has 2 rings (SSSR count). The monoisotopic (exact) mass is 259 g/mol. The fourth-order valence-corrected chi connectivity index (χ4v) is 2.05. The lowest BCUT2D eigenvalue weighted by atomic mass is 10.1. The van der Waals surface area contributed by atoms with E-state index in [0.717, 1.165) is 36.6 Å². The first kappa shape index (κ1) is 13.7. The first-order valence-electron chi connectivity index (χ1n) is 6.70. The summed E-state index contributed by atoms with van der Waals surface area (Å²) in [5, 5.41) is 7.97. The summed E-state index contributed by atoms with van der Waals surface area (Å²) in [6.07, 6.45) is 5.73. The van der Waals surface area contributed by atoms with E-state index in [1.165, 1.54) is 0 Å². The molecule has 102 valence electrons. The molecule has 2 heterocycles. The lowest BCUT2D eigenvalue weighted by Crippen LogP contribution is -2.25. The van der Waals surface area contributed by atoms with Crippen LogP contribution in [0.1, 0.15) is 36.6 Å². The Morgan fingerprint density at radius 2 is 2.21 bits per heavy atom. The Morgan fingerprint density at radius 3 is 2.84 bits per heavy atom. The van der Waals surface area contributed by atoms with Crippen LogP contribution in [0.2, 0.25) is 0 Å². The number of aromatic nitrogens is 4. The predicted octanol–water partition coefficient (Wildman–Crippen LogP) is 1.80. The third-order valence-electron chi connectivity index (χ3n) is 2.98. The van der Waals surface area contributed by atoms with Crippen molar-refractivity contribution in [3.8, 4) is 0 Å². The molecule has 5 heteroatoms. The highest BCUT2D eigenvalue weighted by atomic mass is 15.2. The van der Waals surface area contributed by atoms with Gasteiger partial charge < -0.3 is 5.32 Å². The van der Waals surface area contributed by atoms with Gasteiger partial charge in [-0.05, 0) is 32.0 Å². The summed E-state index contributed by atoms with van der Waals surface area (Å²) < 4.78 is 1.83. The van der Waals surface area contributed by atoms with Crippen LogP contribution in [0.4, 0.5) is 0 Å². The van der Waals surface area contributed by atoms with E-state index in [9.17, 15) is 0 Å². The van der Waals surface area contributed by atoms with Crippen LogP contribution < -0.4 is 5.32 Å². The number of rotatable bonds is 6. The van der Waals surface area contributed by atoms with Gasteiger partial charge in [0.25, 0.3) is 0 Å². The van der Waals surface area contributed by atoms with Crippen molar-refractivity contribution in [2.24, 2.45) is 7.05 Å². The van der Waals surface area contributed by atoms with Crippen LogP contribution in [0.15, 0.2) is 24.5 Å². The van der Waals surface area contributed by atoms with Gasteiger partial charge in [0.1, 0.15) is 5.82 Å². The second-order valence-electron chi connectivity index (χ2n) is 4.72. The third kappa shape index (κ3) is 3.86. The molecule has 0 saturated carbocycles. The topological polar surface area (TPSA) is 55.6 Å². The van der Waals surface area contributed by atoms with Gasteiger partial charge in [0.05, 0.1) is 17.4 Å². The van der Waals surface area contributed by atoms with Crippen LogP contribution in [-0.4, -0.2) is 26.3 Å². The largest absolute Gasteiger partial charge is 0.308 e. The summed E-state index contributed by atoms with van der Waals surface area (Å²) >= 11 is 0. The molecule has 0 radical (unpaired) electrons. The Balaban J connectivity index is 2.15. The highest BCUT2D eigenvalue weighted by Gasteiger charge is 2.14. The molecular formula is C14H21N5. The average molecular weight is 259 g/mol.